The first-order valence-corrected chi connectivity index (χ1v) is 6.27. The Kier molecular flexibility index (Phi) is 6.41. The van der Waals surface area contributed by atoms with Crippen LogP contribution in [-0.4, -0.2) is 25.0 Å². The van der Waals surface area contributed by atoms with Crippen molar-refractivity contribution >= 4 is 5.91 Å². The maximum Gasteiger partial charge on any atom is 0.216 e. The third kappa shape index (κ3) is 6.50. The van der Waals surface area contributed by atoms with Crippen LogP contribution in [0.15, 0.2) is 0 Å². The Morgan fingerprint density at radius 1 is 1.33 bits per heavy atom. The third-order valence-electron chi connectivity index (χ3n) is 3.02. The molecule has 3 nitrogen and oxygen atoms in total. The molecule has 0 radical (unpaired) electrons. The van der Waals surface area contributed by atoms with Gasteiger partial charge < -0.3 is 10.6 Å². The van der Waals surface area contributed by atoms with Crippen LogP contribution in [0.3, 0.4) is 0 Å². The Morgan fingerprint density at radius 2 is 2.20 bits per heavy atom. The Morgan fingerprint density at radius 3 is 3.00 bits per heavy atom. The molecule has 1 saturated heterocycles. The molecule has 0 aliphatic carbocycles. The largest absolute Gasteiger partial charge is 0.356 e. The lowest BCUT2D eigenvalue weighted by atomic mass is 10.0. The Bertz CT molecular complexity index is 174. The fraction of sp³-hybridized carbons (Fsp3) is 0.917. The summed E-state index contributed by atoms with van der Waals surface area (Å²) in [5.74, 6) is 0.0857. The first-order valence-electron chi connectivity index (χ1n) is 6.27. The number of hydrogen-bond acceptors (Lipinski definition) is 2. The van der Waals surface area contributed by atoms with Crippen LogP contribution in [-0.2, 0) is 4.79 Å². The fourth-order valence-electron chi connectivity index (χ4n) is 2.13. The Balaban J connectivity index is 1.96. The van der Waals surface area contributed by atoms with E-state index in [1.165, 1.54) is 45.1 Å². The summed E-state index contributed by atoms with van der Waals surface area (Å²) in [5, 5.41) is 6.43. The predicted octanol–water partition coefficient (Wildman–Crippen LogP) is 1.82. The smallest absolute Gasteiger partial charge is 0.216 e. The van der Waals surface area contributed by atoms with E-state index < -0.39 is 0 Å². The number of unbranched alkanes of at least 4 members (excludes halogenated alkanes) is 1. The van der Waals surface area contributed by atoms with Crippen LogP contribution in [0.25, 0.3) is 0 Å². The molecule has 1 heterocycles. The lowest BCUT2D eigenvalue weighted by molar-refractivity contribution is -0.118. The van der Waals surface area contributed by atoms with Gasteiger partial charge in [0.05, 0.1) is 0 Å². The van der Waals surface area contributed by atoms with E-state index in [2.05, 4.69) is 10.6 Å². The maximum atomic E-state index is 10.6. The van der Waals surface area contributed by atoms with Gasteiger partial charge in [0.15, 0.2) is 0 Å². The SMILES string of the molecule is CC(=O)NCCCCC1CCCCCN1. The van der Waals surface area contributed by atoms with Crippen molar-refractivity contribution in [3.63, 3.8) is 0 Å². The van der Waals surface area contributed by atoms with Gasteiger partial charge in [-0.25, -0.2) is 0 Å². The molecule has 0 spiro atoms. The van der Waals surface area contributed by atoms with Crippen LogP contribution in [0.4, 0.5) is 0 Å². The normalized spacial score (nSPS) is 22.1. The van der Waals surface area contributed by atoms with E-state index in [1.54, 1.807) is 6.92 Å². The van der Waals surface area contributed by atoms with Gasteiger partial charge in [-0.3, -0.25) is 4.79 Å². The molecule has 3 heteroatoms. The van der Waals surface area contributed by atoms with Crippen molar-refractivity contribution in [3.05, 3.63) is 0 Å². The summed E-state index contributed by atoms with van der Waals surface area (Å²) in [6.07, 6.45) is 9.02. The van der Waals surface area contributed by atoms with Gasteiger partial charge in [0.25, 0.3) is 0 Å². The zero-order valence-electron chi connectivity index (χ0n) is 9.85. The Hall–Kier alpha value is -0.570. The van der Waals surface area contributed by atoms with Crippen molar-refractivity contribution in [1.29, 1.82) is 0 Å². The molecule has 1 atom stereocenters. The second-order valence-electron chi connectivity index (χ2n) is 4.48. The minimum Gasteiger partial charge on any atom is -0.356 e. The average Bonchev–Trinajstić information content (AvgIpc) is 2.45. The van der Waals surface area contributed by atoms with Crippen LogP contribution >= 0.6 is 0 Å². The molecule has 0 aromatic heterocycles. The number of nitrogens with one attached hydrogen (secondary N) is 2. The Labute approximate surface area is 93.0 Å². The minimum absolute atomic E-state index is 0.0857. The van der Waals surface area contributed by atoms with Gasteiger partial charge in [-0.05, 0) is 32.2 Å². The predicted molar refractivity (Wildman–Crippen MR) is 62.8 cm³/mol. The van der Waals surface area contributed by atoms with Crippen LogP contribution in [0, 0.1) is 0 Å². The van der Waals surface area contributed by atoms with Gasteiger partial charge in [0.2, 0.25) is 5.91 Å². The van der Waals surface area contributed by atoms with Crippen LogP contribution in [0.5, 0.6) is 0 Å². The molecular formula is C12H24N2O. The highest BCUT2D eigenvalue weighted by atomic mass is 16.1. The fourth-order valence-corrected chi connectivity index (χ4v) is 2.13. The van der Waals surface area contributed by atoms with Gasteiger partial charge in [-0.15, -0.1) is 0 Å². The molecule has 88 valence electrons. The summed E-state index contributed by atoms with van der Waals surface area (Å²) < 4.78 is 0. The lowest BCUT2D eigenvalue weighted by Gasteiger charge is -2.15. The molecule has 0 aromatic carbocycles. The second kappa shape index (κ2) is 7.69. The van der Waals surface area contributed by atoms with Crippen molar-refractivity contribution in [2.75, 3.05) is 13.1 Å². The summed E-state index contributed by atoms with van der Waals surface area (Å²) in [6, 6.07) is 0.727. The molecule has 0 bridgehead atoms. The van der Waals surface area contributed by atoms with Crippen LogP contribution < -0.4 is 10.6 Å². The first-order chi connectivity index (χ1) is 7.29. The quantitative estimate of drug-likeness (QED) is 0.683. The number of carbonyl (C=O) groups is 1. The summed E-state index contributed by atoms with van der Waals surface area (Å²) >= 11 is 0. The minimum atomic E-state index is 0.0857. The molecule has 1 aliphatic rings. The van der Waals surface area contributed by atoms with Gasteiger partial charge in [0.1, 0.15) is 0 Å². The second-order valence-corrected chi connectivity index (χ2v) is 4.48. The van der Waals surface area contributed by atoms with Crippen molar-refractivity contribution in [2.24, 2.45) is 0 Å². The molecule has 0 aromatic rings. The van der Waals surface area contributed by atoms with Gasteiger partial charge in [-0.1, -0.05) is 19.3 Å². The van der Waals surface area contributed by atoms with Crippen molar-refractivity contribution in [3.8, 4) is 0 Å². The molecular weight excluding hydrogens is 188 g/mol. The van der Waals surface area contributed by atoms with Gasteiger partial charge in [0, 0.05) is 19.5 Å². The van der Waals surface area contributed by atoms with E-state index in [1.807, 2.05) is 0 Å². The summed E-state index contributed by atoms with van der Waals surface area (Å²) in [7, 11) is 0. The van der Waals surface area contributed by atoms with Gasteiger partial charge in [-0.2, -0.15) is 0 Å². The zero-order chi connectivity index (χ0) is 10.9. The summed E-state index contributed by atoms with van der Waals surface area (Å²) in [4.78, 5) is 10.6. The number of amides is 1. The zero-order valence-corrected chi connectivity index (χ0v) is 9.85. The van der Waals surface area contributed by atoms with E-state index in [0.717, 1.165) is 19.0 Å². The molecule has 1 unspecified atom stereocenters. The summed E-state index contributed by atoms with van der Waals surface area (Å²) in [5.41, 5.74) is 0. The highest BCUT2D eigenvalue weighted by Crippen LogP contribution is 2.12. The standard InChI is InChI=1S/C12H24N2O/c1-11(15)13-9-6-4-8-12-7-3-2-5-10-14-12/h12,14H,2-10H2,1H3,(H,13,15). The van der Waals surface area contributed by atoms with E-state index in [0.29, 0.717) is 0 Å². The monoisotopic (exact) mass is 212 g/mol. The molecule has 0 saturated carbocycles. The van der Waals surface area contributed by atoms with E-state index in [4.69, 9.17) is 0 Å². The topological polar surface area (TPSA) is 41.1 Å². The highest BCUT2D eigenvalue weighted by molar-refractivity contribution is 5.72. The van der Waals surface area contributed by atoms with E-state index >= 15 is 0 Å². The van der Waals surface area contributed by atoms with Crippen molar-refractivity contribution in [2.45, 2.75) is 57.9 Å². The molecule has 1 aliphatic heterocycles. The number of rotatable bonds is 5. The molecule has 1 rings (SSSR count). The average molecular weight is 212 g/mol. The van der Waals surface area contributed by atoms with Crippen molar-refractivity contribution < 1.29 is 4.79 Å². The first kappa shape index (κ1) is 12.5. The number of hydrogen-bond donors (Lipinski definition) is 2. The molecule has 1 amide bonds. The van der Waals surface area contributed by atoms with Crippen LogP contribution in [0.1, 0.15) is 51.9 Å². The van der Waals surface area contributed by atoms with E-state index in [-0.39, 0.29) is 5.91 Å². The molecule has 15 heavy (non-hydrogen) atoms. The lowest BCUT2D eigenvalue weighted by Crippen LogP contribution is -2.28. The number of carbonyl (C=O) groups excluding carboxylic acids is 1. The van der Waals surface area contributed by atoms with Gasteiger partial charge >= 0.3 is 0 Å². The maximum absolute atomic E-state index is 10.6. The van der Waals surface area contributed by atoms with Crippen molar-refractivity contribution in [1.82, 2.24) is 10.6 Å². The van der Waals surface area contributed by atoms with E-state index in [9.17, 15) is 4.79 Å². The summed E-state index contributed by atoms with van der Waals surface area (Å²) in [6.45, 7) is 3.60. The molecule has 2 N–H and O–H groups in total. The highest BCUT2D eigenvalue weighted by Gasteiger charge is 2.10. The van der Waals surface area contributed by atoms with Crippen LogP contribution in [0.2, 0.25) is 0 Å². The molecule has 1 fully saturated rings. The third-order valence-corrected chi connectivity index (χ3v) is 3.02.